The molecule has 0 fully saturated rings. The molecular formula is C20H21NSe. The van der Waals surface area contributed by atoms with Gasteiger partial charge in [-0.2, -0.15) is 0 Å². The third-order valence-electron chi connectivity index (χ3n) is 3.67. The zero-order chi connectivity index (χ0) is 15.4. The van der Waals surface area contributed by atoms with Gasteiger partial charge >= 0.3 is 139 Å². The van der Waals surface area contributed by atoms with Gasteiger partial charge in [0.1, 0.15) is 0 Å². The van der Waals surface area contributed by atoms with Gasteiger partial charge < -0.3 is 0 Å². The fourth-order valence-corrected chi connectivity index (χ4v) is 5.09. The number of hydrogen-bond acceptors (Lipinski definition) is 1. The van der Waals surface area contributed by atoms with Gasteiger partial charge in [0, 0.05) is 0 Å². The number of benzene rings is 3. The summed E-state index contributed by atoms with van der Waals surface area (Å²) in [5.74, 6) is 0. The average molecular weight is 354 g/mol. The van der Waals surface area contributed by atoms with E-state index in [4.69, 9.17) is 0 Å². The van der Waals surface area contributed by atoms with Crippen molar-refractivity contribution in [3.05, 3.63) is 77.9 Å². The van der Waals surface area contributed by atoms with Crippen molar-refractivity contribution in [3.63, 3.8) is 0 Å². The first kappa shape index (κ1) is 15.3. The molecule has 0 unspecified atom stereocenters. The zero-order valence-electron chi connectivity index (χ0n) is 13.1. The molecule has 0 amide bonds. The maximum absolute atomic E-state index is 2.31. The molecule has 112 valence electrons. The molecule has 0 spiro atoms. The minimum atomic E-state index is 0.452. The topological polar surface area (TPSA) is 3.24 Å². The molecule has 1 nitrogen and oxygen atoms in total. The monoisotopic (exact) mass is 355 g/mol. The molecule has 0 saturated heterocycles. The van der Waals surface area contributed by atoms with Crippen LogP contribution in [0, 0.1) is 0 Å². The van der Waals surface area contributed by atoms with Gasteiger partial charge in [-0.1, -0.05) is 0 Å². The number of nitrogens with zero attached hydrogens (tertiary/aromatic N) is 1. The zero-order valence-corrected chi connectivity index (χ0v) is 14.8. The van der Waals surface area contributed by atoms with Crippen molar-refractivity contribution in [1.82, 2.24) is 4.90 Å². The van der Waals surface area contributed by atoms with E-state index >= 15 is 0 Å². The van der Waals surface area contributed by atoms with Gasteiger partial charge in [-0.3, -0.25) is 0 Å². The van der Waals surface area contributed by atoms with E-state index in [2.05, 4.69) is 85.7 Å². The molecule has 0 aliphatic rings. The summed E-state index contributed by atoms with van der Waals surface area (Å²) in [5.41, 5.74) is 2.91. The second kappa shape index (κ2) is 7.11. The predicted molar refractivity (Wildman–Crippen MR) is 96.9 cm³/mol. The SMILES string of the molecule is CN(C)Cc1ccc2ccccc2c1[Se]Cc1ccccc1. The second-order valence-corrected chi connectivity index (χ2v) is 7.85. The van der Waals surface area contributed by atoms with E-state index in [1.165, 1.54) is 21.9 Å². The molecule has 3 rings (SSSR count). The van der Waals surface area contributed by atoms with Crippen LogP contribution < -0.4 is 4.46 Å². The molecule has 3 aromatic carbocycles. The summed E-state index contributed by atoms with van der Waals surface area (Å²) < 4.78 is 1.56. The van der Waals surface area contributed by atoms with Crippen molar-refractivity contribution in [2.24, 2.45) is 0 Å². The van der Waals surface area contributed by atoms with E-state index in [1.54, 1.807) is 4.46 Å². The van der Waals surface area contributed by atoms with Crippen molar-refractivity contribution in [2.75, 3.05) is 14.1 Å². The predicted octanol–water partition coefficient (Wildman–Crippen LogP) is 3.43. The van der Waals surface area contributed by atoms with Gasteiger partial charge in [0.15, 0.2) is 0 Å². The van der Waals surface area contributed by atoms with Gasteiger partial charge in [-0.25, -0.2) is 0 Å². The summed E-state index contributed by atoms with van der Waals surface area (Å²) in [6, 6.07) is 24.2. The van der Waals surface area contributed by atoms with Crippen LogP contribution in [-0.2, 0) is 11.9 Å². The van der Waals surface area contributed by atoms with E-state index < -0.39 is 0 Å². The van der Waals surface area contributed by atoms with E-state index in [0.717, 1.165) is 11.9 Å². The Hall–Kier alpha value is -1.60. The van der Waals surface area contributed by atoms with Crippen molar-refractivity contribution in [1.29, 1.82) is 0 Å². The van der Waals surface area contributed by atoms with Crippen LogP contribution in [0.4, 0.5) is 0 Å². The average Bonchev–Trinajstić information content (AvgIpc) is 2.54. The van der Waals surface area contributed by atoms with Crippen LogP contribution in [0.1, 0.15) is 11.1 Å². The van der Waals surface area contributed by atoms with Crippen molar-refractivity contribution < 1.29 is 0 Å². The van der Waals surface area contributed by atoms with E-state index in [0.29, 0.717) is 15.0 Å². The fourth-order valence-electron chi connectivity index (χ4n) is 2.65. The maximum atomic E-state index is 2.31. The fraction of sp³-hybridized carbons (Fsp3) is 0.200. The number of hydrogen-bond donors (Lipinski definition) is 0. The van der Waals surface area contributed by atoms with Crippen LogP contribution in [0.2, 0.25) is 0 Å². The van der Waals surface area contributed by atoms with Crippen LogP contribution in [-0.4, -0.2) is 34.0 Å². The Morgan fingerprint density at radius 2 is 1.55 bits per heavy atom. The first-order valence-corrected chi connectivity index (χ1v) is 9.63. The van der Waals surface area contributed by atoms with Crippen LogP contribution in [0.5, 0.6) is 0 Å². The van der Waals surface area contributed by atoms with Gasteiger partial charge in [-0.15, -0.1) is 0 Å². The van der Waals surface area contributed by atoms with E-state index in [-0.39, 0.29) is 0 Å². The summed E-state index contributed by atoms with van der Waals surface area (Å²) in [6.07, 6.45) is 0. The van der Waals surface area contributed by atoms with E-state index in [9.17, 15) is 0 Å². The molecule has 0 radical (unpaired) electrons. The quantitative estimate of drug-likeness (QED) is 0.635. The third-order valence-corrected chi connectivity index (χ3v) is 6.29. The van der Waals surface area contributed by atoms with Gasteiger partial charge in [0.05, 0.1) is 0 Å². The Kier molecular flexibility index (Phi) is 4.94. The summed E-state index contributed by atoms with van der Waals surface area (Å²) in [4.78, 5) is 2.26. The Labute approximate surface area is 139 Å². The first-order valence-electron chi connectivity index (χ1n) is 7.56. The summed E-state index contributed by atoms with van der Waals surface area (Å²) in [5, 5.41) is 3.94. The van der Waals surface area contributed by atoms with E-state index in [1.807, 2.05) is 0 Å². The standard InChI is InChI=1S/C20H21NSe/c1-21(2)14-18-13-12-17-10-6-7-11-19(17)20(18)22-15-16-8-4-3-5-9-16/h3-13H,14-15H2,1-2H3. The first-order chi connectivity index (χ1) is 10.7. The molecule has 22 heavy (non-hydrogen) atoms. The van der Waals surface area contributed by atoms with Gasteiger partial charge in [-0.05, 0) is 0 Å². The van der Waals surface area contributed by atoms with Crippen LogP contribution in [0.3, 0.4) is 0 Å². The number of fused-ring (bicyclic) bond motifs is 1. The molecule has 3 aromatic rings. The van der Waals surface area contributed by atoms with Crippen LogP contribution in [0.25, 0.3) is 10.8 Å². The molecular weight excluding hydrogens is 333 g/mol. The molecule has 0 atom stereocenters. The van der Waals surface area contributed by atoms with Crippen molar-refractivity contribution in [2.45, 2.75) is 11.9 Å². The summed E-state index contributed by atoms with van der Waals surface area (Å²) in [6.45, 7) is 1.01. The molecule has 0 aliphatic carbocycles. The Morgan fingerprint density at radius 1 is 0.818 bits per heavy atom. The molecule has 0 heterocycles. The molecule has 0 aromatic heterocycles. The Morgan fingerprint density at radius 3 is 2.32 bits per heavy atom. The van der Waals surface area contributed by atoms with Crippen LogP contribution in [0.15, 0.2) is 66.7 Å². The Balaban J connectivity index is 1.96. The van der Waals surface area contributed by atoms with Crippen LogP contribution >= 0.6 is 0 Å². The second-order valence-electron chi connectivity index (χ2n) is 5.79. The normalized spacial score (nSPS) is 11.2. The summed E-state index contributed by atoms with van der Waals surface area (Å²) >= 11 is 0.452. The third kappa shape index (κ3) is 3.59. The van der Waals surface area contributed by atoms with Gasteiger partial charge in [0.2, 0.25) is 0 Å². The van der Waals surface area contributed by atoms with Crippen molar-refractivity contribution in [3.8, 4) is 0 Å². The Bertz CT molecular complexity index is 750. The molecule has 0 bridgehead atoms. The molecule has 0 aliphatic heterocycles. The molecule has 2 heteroatoms. The summed E-state index contributed by atoms with van der Waals surface area (Å²) in [7, 11) is 4.28. The molecule has 0 saturated carbocycles. The van der Waals surface area contributed by atoms with Gasteiger partial charge in [0.25, 0.3) is 0 Å². The minimum absolute atomic E-state index is 0.452. The number of rotatable bonds is 5. The van der Waals surface area contributed by atoms with Crippen molar-refractivity contribution >= 4 is 30.2 Å². The molecule has 0 N–H and O–H groups in total.